The molecule has 0 bridgehead atoms. The molecule has 0 unspecified atom stereocenters. The van der Waals surface area contributed by atoms with Crippen LogP contribution in [0.1, 0.15) is 17.0 Å². The first-order valence-corrected chi connectivity index (χ1v) is 12.7. The molecule has 0 aliphatic rings. The average Bonchev–Trinajstić information content (AvgIpc) is 3.22. The summed E-state index contributed by atoms with van der Waals surface area (Å²) in [6.07, 6.45) is 1.72. The summed E-state index contributed by atoms with van der Waals surface area (Å²) in [4.78, 5) is 18.3. The highest BCUT2D eigenvalue weighted by molar-refractivity contribution is 9.10. The summed E-state index contributed by atoms with van der Waals surface area (Å²) >= 11 is 16.3. The Hall–Kier alpha value is -3.38. The van der Waals surface area contributed by atoms with Crippen LogP contribution in [-0.4, -0.2) is 15.5 Å². The van der Waals surface area contributed by atoms with Gasteiger partial charge in [-0.15, -0.1) is 0 Å². The largest absolute Gasteiger partial charge is 0.421 e. The summed E-state index contributed by atoms with van der Waals surface area (Å²) in [5, 5.41) is 0.766. The quantitative estimate of drug-likeness (QED) is 0.116. The summed E-state index contributed by atoms with van der Waals surface area (Å²) in [7, 11) is 0. The van der Waals surface area contributed by atoms with Crippen molar-refractivity contribution in [2.75, 3.05) is 0 Å². The van der Waals surface area contributed by atoms with Crippen molar-refractivity contribution in [1.82, 2.24) is 9.55 Å². The Labute approximate surface area is 226 Å². The third-order valence-corrected chi connectivity index (χ3v) is 6.81. The number of nitrogens with zero attached hydrogens (tertiary/aromatic N) is 2. The van der Waals surface area contributed by atoms with Crippen LogP contribution in [0.25, 0.3) is 22.7 Å². The van der Waals surface area contributed by atoms with Gasteiger partial charge in [0.15, 0.2) is 0 Å². The Morgan fingerprint density at radius 1 is 0.861 bits per heavy atom. The fourth-order valence-electron chi connectivity index (χ4n) is 3.88. The highest BCUT2D eigenvalue weighted by atomic mass is 79.9. The minimum absolute atomic E-state index is 0.269. The number of fused-ring (bicyclic) bond motifs is 1. The zero-order chi connectivity index (χ0) is 25.1. The number of aromatic nitrogens is 2. The van der Waals surface area contributed by atoms with Gasteiger partial charge in [0, 0.05) is 21.6 Å². The molecule has 0 aliphatic carbocycles. The third kappa shape index (κ3) is 5.24. The van der Waals surface area contributed by atoms with E-state index in [1.165, 1.54) is 0 Å². The lowest BCUT2D eigenvalue weighted by Crippen LogP contribution is -2.12. The van der Waals surface area contributed by atoms with Crippen LogP contribution in [0, 0.1) is 0 Å². The van der Waals surface area contributed by atoms with E-state index in [4.69, 9.17) is 32.9 Å². The van der Waals surface area contributed by atoms with E-state index in [-0.39, 0.29) is 11.3 Å². The van der Waals surface area contributed by atoms with Crippen molar-refractivity contribution in [3.05, 3.63) is 129 Å². The fraction of sp³-hybridized carbons (Fsp3) is 0.0345. The molecule has 178 valence electrons. The first kappa shape index (κ1) is 24.3. The van der Waals surface area contributed by atoms with Gasteiger partial charge in [-0.1, -0.05) is 93.7 Å². The van der Waals surface area contributed by atoms with Crippen molar-refractivity contribution in [1.29, 1.82) is 0 Å². The zero-order valence-electron chi connectivity index (χ0n) is 18.9. The maximum absolute atomic E-state index is 13.5. The van der Waals surface area contributed by atoms with Gasteiger partial charge < -0.3 is 9.30 Å². The van der Waals surface area contributed by atoms with Gasteiger partial charge in [-0.05, 0) is 54.1 Å². The maximum atomic E-state index is 13.5. The number of ether oxygens (including phenoxy) is 1. The standard InChI is InChI=1S/C29H19BrCl2N2O2/c30-20-15-13-19(14-16-20)18-34-26-11-5-4-10-25(26)33-28(34)17-22(21-7-1-2-8-23(21)31)29(35)36-27-12-6-3-9-24(27)32/h1-17H,18H2/b22-17-. The fourth-order valence-corrected chi connectivity index (χ4v) is 4.56. The second-order valence-electron chi connectivity index (χ2n) is 8.03. The number of halogens is 3. The summed E-state index contributed by atoms with van der Waals surface area (Å²) in [5.41, 5.74) is 3.67. The average molecular weight is 578 g/mol. The molecule has 0 radical (unpaired) electrons. The lowest BCUT2D eigenvalue weighted by molar-refractivity contribution is -0.127. The Balaban J connectivity index is 1.65. The third-order valence-electron chi connectivity index (χ3n) is 5.63. The minimum Gasteiger partial charge on any atom is -0.421 e. The second kappa shape index (κ2) is 10.7. The maximum Gasteiger partial charge on any atom is 0.344 e. The normalized spacial score (nSPS) is 11.6. The molecule has 0 atom stereocenters. The molecule has 0 aliphatic heterocycles. The molecule has 4 nitrogen and oxygen atoms in total. The Morgan fingerprint density at radius 2 is 1.53 bits per heavy atom. The number of carbonyl (C=O) groups is 1. The molecule has 0 saturated heterocycles. The summed E-state index contributed by atoms with van der Waals surface area (Å²) in [6.45, 7) is 0.564. The number of carbonyl (C=O) groups excluding carboxylic acids is 1. The molecule has 1 aromatic heterocycles. The number of para-hydroxylation sites is 3. The molecule has 0 amide bonds. The molecular formula is C29H19BrCl2N2O2. The number of hydrogen-bond acceptors (Lipinski definition) is 3. The molecule has 7 heteroatoms. The molecule has 0 N–H and O–H groups in total. The van der Waals surface area contributed by atoms with Gasteiger partial charge in [0.2, 0.25) is 0 Å². The lowest BCUT2D eigenvalue weighted by Gasteiger charge is -2.12. The van der Waals surface area contributed by atoms with E-state index in [1.54, 1.807) is 42.5 Å². The molecule has 5 aromatic rings. The summed E-state index contributed by atoms with van der Waals surface area (Å²) in [6, 6.07) is 30.0. The predicted molar refractivity (Wildman–Crippen MR) is 149 cm³/mol. The van der Waals surface area contributed by atoms with Crippen LogP contribution in [0.5, 0.6) is 5.75 Å². The van der Waals surface area contributed by atoms with Crippen LogP contribution in [0.15, 0.2) is 102 Å². The van der Waals surface area contributed by atoms with Crippen LogP contribution in [0.2, 0.25) is 10.0 Å². The van der Waals surface area contributed by atoms with Gasteiger partial charge in [0.1, 0.15) is 11.6 Å². The van der Waals surface area contributed by atoms with Crippen molar-refractivity contribution in [3.63, 3.8) is 0 Å². The summed E-state index contributed by atoms with van der Waals surface area (Å²) in [5.74, 6) is 0.286. The predicted octanol–water partition coefficient (Wildman–Crippen LogP) is 8.30. The molecule has 0 saturated carbocycles. The van der Waals surface area contributed by atoms with Crippen LogP contribution in [0.4, 0.5) is 0 Å². The monoisotopic (exact) mass is 576 g/mol. The summed E-state index contributed by atoms with van der Waals surface area (Å²) < 4.78 is 8.77. The van der Waals surface area contributed by atoms with Crippen molar-refractivity contribution in [2.24, 2.45) is 0 Å². The smallest absolute Gasteiger partial charge is 0.344 e. The van der Waals surface area contributed by atoms with Gasteiger partial charge in [0.25, 0.3) is 0 Å². The molecule has 0 fully saturated rings. The van der Waals surface area contributed by atoms with Crippen molar-refractivity contribution >= 4 is 67.8 Å². The second-order valence-corrected chi connectivity index (χ2v) is 9.76. The number of imidazole rings is 1. The van der Waals surface area contributed by atoms with E-state index in [2.05, 4.69) is 20.5 Å². The van der Waals surface area contributed by atoms with Crippen LogP contribution < -0.4 is 4.74 Å². The minimum atomic E-state index is -0.585. The van der Waals surface area contributed by atoms with Gasteiger partial charge in [0.05, 0.1) is 21.6 Å². The number of hydrogen-bond donors (Lipinski definition) is 0. The number of esters is 1. The van der Waals surface area contributed by atoms with E-state index >= 15 is 0 Å². The molecule has 1 heterocycles. The van der Waals surface area contributed by atoms with Crippen molar-refractivity contribution in [3.8, 4) is 5.75 Å². The van der Waals surface area contributed by atoms with Crippen LogP contribution in [0.3, 0.4) is 0 Å². The van der Waals surface area contributed by atoms with Gasteiger partial charge in [-0.2, -0.15) is 0 Å². The van der Waals surface area contributed by atoms with E-state index in [0.717, 1.165) is 21.1 Å². The van der Waals surface area contributed by atoms with Crippen molar-refractivity contribution in [2.45, 2.75) is 6.54 Å². The van der Waals surface area contributed by atoms with Gasteiger partial charge in [-0.25, -0.2) is 9.78 Å². The van der Waals surface area contributed by atoms with Crippen LogP contribution in [-0.2, 0) is 11.3 Å². The van der Waals surface area contributed by atoms with E-state index in [9.17, 15) is 4.79 Å². The topological polar surface area (TPSA) is 44.1 Å². The van der Waals surface area contributed by atoms with Crippen molar-refractivity contribution < 1.29 is 9.53 Å². The Bertz CT molecular complexity index is 1590. The molecule has 36 heavy (non-hydrogen) atoms. The zero-order valence-corrected chi connectivity index (χ0v) is 22.0. The lowest BCUT2D eigenvalue weighted by atomic mass is 10.1. The van der Waals surface area contributed by atoms with Gasteiger partial charge >= 0.3 is 5.97 Å². The first-order chi connectivity index (χ1) is 17.5. The molecule has 0 spiro atoms. The highest BCUT2D eigenvalue weighted by Crippen LogP contribution is 2.31. The van der Waals surface area contributed by atoms with E-state index < -0.39 is 5.97 Å². The Kier molecular flexibility index (Phi) is 7.23. The van der Waals surface area contributed by atoms with Crippen LogP contribution >= 0.6 is 39.1 Å². The highest BCUT2D eigenvalue weighted by Gasteiger charge is 2.20. The number of rotatable bonds is 6. The first-order valence-electron chi connectivity index (χ1n) is 11.1. The molecule has 4 aromatic carbocycles. The SMILES string of the molecule is O=C(Oc1ccccc1Cl)/C(=C\c1nc2ccccc2n1Cc1ccc(Br)cc1)c1ccccc1Cl. The Morgan fingerprint density at radius 3 is 2.28 bits per heavy atom. The molecule has 5 rings (SSSR count). The molecular weight excluding hydrogens is 559 g/mol. The van der Waals surface area contributed by atoms with E-state index in [0.29, 0.717) is 28.0 Å². The van der Waals surface area contributed by atoms with Gasteiger partial charge in [-0.3, -0.25) is 0 Å². The number of benzene rings is 4. The van der Waals surface area contributed by atoms with E-state index in [1.807, 2.05) is 60.7 Å².